The standard InChI is InChI=1S/C26H27N3O5S/c30-25(27-20-10-3-1-4-11-20)19-34-22-13-9-12-21(18-22)28-26(31)23-14-5-6-15-24(23)35(32,33)29-16-7-2-8-17-29/h1,3-6,9-15,18H,2,7-8,16-17,19H2,(H,27,30)(H,28,31). The summed E-state index contributed by atoms with van der Waals surface area (Å²) < 4.78 is 33.4. The Morgan fingerprint density at radius 1 is 0.800 bits per heavy atom. The molecule has 1 heterocycles. The molecule has 0 unspecified atom stereocenters. The van der Waals surface area contributed by atoms with E-state index in [1.54, 1.807) is 48.5 Å². The lowest BCUT2D eigenvalue weighted by molar-refractivity contribution is -0.118. The zero-order chi connectivity index (χ0) is 24.7. The van der Waals surface area contributed by atoms with Crippen molar-refractivity contribution in [3.8, 4) is 5.75 Å². The average molecular weight is 494 g/mol. The van der Waals surface area contributed by atoms with E-state index in [4.69, 9.17) is 4.74 Å². The van der Waals surface area contributed by atoms with E-state index in [2.05, 4.69) is 10.6 Å². The normalized spacial score (nSPS) is 14.2. The van der Waals surface area contributed by atoms with Crippen molar-refractivity contribution in [2.24, 2.45) is 0 Å². The van der Waals surface area contributed by atoms with Gasteiger partial charge in [0.05, 0.1) is 10.5 Å². The van der Waals surface area contributed by atoms with Gasteiger partial charge in [0.25, 0.3) is 11.8 Å². The second-order valence-corrected chi connectivity index (χ2v) is 10.1. The molecule has 1 saturated heterocycles. The number of sulfonamides is 1. The Morgan fingerprint density at radius 3 is 2.26 bits per heavy atom. The van der Waals surface area contributed by atoms with Crippen molar-refractivity contribution in [3.05, 3.63) is 84.4 Å². The molecule has 1 fully saturated rings. The molecular formula is C26H27N3O5S. The summed E-state index contributed by atoms with van der Waals surface area (Å²) in [7, 11) is -3.78. The largest absolute Gasteiger partial charge is 0.484 e. The maximum absolute atomic E-state index is 13.2. The molecule has 1 aliphatic rings. The summed E-state index contributed by atoms with van der Waals surface area (Å²) in [5.41, 5.74) is 1.16. The van der Waals surface area contributed by atoms with Crippen molar-refractivity contribution in [2.75, 3.05) is 30.3 Å². The van der Waals surface area contributed by atoms with Gasteiger partial charge in [0.2, 0.25) is 10.0 Å². The van der Waals surface area contributed by atoms with Crippen LogP contribution in [0.4, 0.5) is 11.4 Å². The maximum atomic E-state index is 13.2. The third kappa shape index (κ3) is 6.26. The Kier molecular flexibility index (Phi) is 7.79. The van der Waals surface area contributed by atoms with Crippen LogP contribution < -0.4 is 15.4 Å². The third-order valence-corrected chi connectivity index (χ3v) is 7.54. The Morgan fingerprint density at radius 2 is 1.49 bits per heavy atom. The van der Waals surface area contributed by atoms with Gasteiger partial charge in [-0.1, -0.05) is 42.8 Å². The minimum Gasteiger partial charge on any atom is -0.484 e. The Hall–Kier alpha value is -3.69. The molecular weight excluding hydrogens is 466 g/mol. The molecule has 8 nitrogen and oxygen atoms in total. The van der Waals surface area contributed by atoms with Crippen molar-refractivity contribution in [3.63, 3.8) is 0 Å². The molecule has 0 aromatic heterocycles. The number of carbonyl (C=O) groups excluding carboxylic acids is 2. The number of ether oxygens (including phenoxy) is 1. The number of carbonyl (C=O) groups is 2. The van der Waals surface area contributed by atoms with Crippen LogP contribution in [-0.4, -0.2) is 44.2 Å². The molecule has 3 aromatic rings. The zero-order valence-corrected chi connectivity index (χ0v) is 20.0. The first-order chi connectivity index (χ1) is 16.9. The summed E-state index contributed by atoms with van der Waals surface area (Å²) in [6.07, 6.45) is 2.62. The van der Waals surface area contributed by atoms with E-state index in [9.17, 15) is 18.0 Å². The molecule has 0 aliphatic carbocycles. The molecule has 2 amide bonds. The van der Waals surface area contributed by atoms with Crippen LogP contribution >= 0.6 is 0 Å². The summed E-state index contributed by atoms with van der Waals surface area (Å²) in [6.45, 7) is 0.703. The highest BCUT2D eigenvalue weighted by molar-refractivity contribution is 7.89. The number of hydrogen-bond acceptors (Lipinski definition) is 5. The van der Waals surface area contributed by atoms with Crippen molar-refractivity contribution < 1.29 is 22.7 Å². The molecule has 1 aliphatic heterocycles. The number of benzene rings is 3. The van der Waals surface area contributed by atoms with E-state index in [0.717, 1.165) is 19.3 Å². The number of para-hydroxylation sites is 1. The molecule has 2 N–H and O–H groups in total. The molecule has 0 bridgehead atoms. The van der Waals surface area contributed by atoms with Gasteiger partial charge in [-0.2, -0.15) is 4.31 Å². The summed E-state index contributed by atoms with van der Waals surface area (Å²) in [6, 6.07) is 21.8. The summed E-state index contributed by atoms with van der Waals surface area (Å²) in [4.78, 5) is 25.2. The van der Waals surface area contributed by atoms with Crippen molar-refractivity contribution in [1.29, 1.82) is 0 Å². The van der Waals surface area contributed by atoms with Crippen molar-refractivity contribution in [1.82, 2.24) is 4.31 Å². The number of anilines is 2. The molecule has 0 saturated carbocycles. The number of amides is 2. The second-order valence-electron chi connectivity index (χ2n) is 8.15. The first-order valence-electron chi connectivity index (χ1n) is 11.4. The SMILES string of the molecule is O=C(COc1cccc(NC(=O)c2ccccc2S(=O)(=O)N2CCCCC2)c1)Nc1ccccc1. The molecule has 3 aromatic carbocycles. The first-order valence-corrected chi connectivity index (χ1v) is 12.9. The molecule has 0 radical (unpaired) electrons. The Labute approximate surface area is 205 Å². The summed E-state index contributed by atoms with van der Waals surface area (Å²) in [5.74, 6) is -0.470. The number of rotatable bonds is 8. The van der Waals surface area contributed by atoms with E-state index >= 15 is 0 Å². The number of piperidine rings is 1. The predicted molar refractivity (Wildman–Crippen MR) is 134 cm³/mol. The van der Waals surface area contributed by atoms with Crippen LogP contribution in [0.3, 0.4) is 0 Å². The molecule has 9 heteroatoms. The minimum absolute atomic E-state index is 0.00983. The number of nitrogens with zero attached hydrogens (tertiary/aromatic N) is 1. The van der Waals surface area contributed by atoms with Gasteiger partial charge in [-0.3, -0.25) is 9.59 Å². The lowest BCUT2D eigenvalue weighted by Crippen LogP contribution is -2.36. The maximum Gasteiger partial charge on any atom is 0.262 e. The number of nitrogens with one attached hydrogen (secondary N) is 2. The van der Waals surface area contributed by atoms with Crippen LogP contribution in [-0.2, 0) is 14.8 Å². The fraction of sp³-hybridized carbons (Fsp3) is 0.231. The average Bonchev–Trinajstić information content (AvgIpc) is 2.89. The zero-order valence-electron chi connectivity index (χ0n) is 19.1. The molecule has 182 valence electrons. The summed E-state index contributed by atoms with van der Waals surface area (Å²) >= 11 is 0. The van der Waals surface area contributed by atoms with Crippen LogP contribution in [0.1, 0.15) is 29.6 Å². The van der Waals surface area contributed by atoms with Gasteiger partial charge >= 0.3 is 0 Å². The van der Waals surface area contributed by atoms with Gasteiger partial charge in [-0.05, 0) is 49.2 Å². The second kappa shape index (κ2) is 11.2. The number of hydrogen-bond donors (Lipinski definition) is 2. The van der Waals surface area contributed by atoms with Crippen LogP contribution in [0.15, 0.2) is 83.8 Å². The lowest BCUT2D eigenvalue weighted by atomic mass is 10.2. The van der Waals surface area contributed by atoms with Gasteiger partial charge in [0.15, 0.2) is 6.61 Å². The minimum atomic E-state index is -3.78. The molecule has 4 rings (SSSR count). The molecule has 0 spiro atoms. The van der Waals surface area contributed by atoms with Gasteiger partial charge in [0, 0.05) is 30.5 Å². The fourth-order valence-electron chi connectivity index (χ4n) is 3.85. The van der Waals surface area contributed by atoms with E-state index < -0.39 is 15.9 Å². The quantitative estimate of drug-likeness (QED) is 0.491. The van der Waals surface area contributed by atoms with Crippen molar-refractivity contribution >= 4 is 33.2 Å². The van der Waals surface area contributed by atoms with Crippen LogP contribution in [0, 0.1) is 0 Å². The molecule has 35 heavy (non-hydrogen) atoms. The van der Waals surface area contributed by atoms with E-state index in [0.29, 0.717) is 30.2 Å². The summed E-state index contributed by atoms with van der Waals surface area (Å²) in [5, 5.41) is 5.47. The van der Waals surface area contributed by atoms with E-state index in [1.165, 1.54) is 16.4 Å². The lowest BCUT2D eigenvalue weighted by Gasteiger charge is -2.26. The van der Waals surface area contributed by atoms with Crippen LogP contribution in [0.5, 0.6) is 5.75 Å². The van der Waals surface area contributed by atoms with Gasteiger partial charge < -0.3 is 15.4 Å². The highest BCUT2D eigenvalue weighted by atomic mass is 32.2. The fourth-order valence-corrected chi connectivity index (χ4v) is 5.56. The van der Waals surface area contributed by atoms with Gasteiger partial charge in [-0.15, -0.1) is 0 Å². The highest BCUT2D eigenvalue weighted by Gasteiger charge is 2.29. The van der Waals surface area contributed by atoms with Gasteiger partial charge in [-0.25, -0.2) is 8.42 Å². The Balaban J connectivity index is 1.43. The topological polar surface area (TPSA) is 105 Å². The van der Waals surface area contributed by atoms with Crippen molar-refractivity contribution in [2.45, 2.75) is 24.2 Å². The molecule has 0 atom stereocenters. The highest BCUT2D eigenvalue weighted by Crippen LogP contribution is 2.25. The van der Waals surface area contributed by atoms with E-state index in [1.807, 2.05) is 18.2 Å². The third-order valence-electron chi connectivity index (χ3n) is 5.58. The van der Waals surface area contributed by atoms with Crippen LogP contribution in [0.25, 0.3) is 0 Å². The Bertz CT molecular complexity index is 1290. The monoisotopic (exact) mass is 493 g/mol. The van der Waals surface area contributed by atoms with Gasteiger partial charge in [0.1, 0.15) is 5.75 Å². The van der Waals surface area contributed by atoms with Crippen LogP contribution in [0.2, 0.25) is 0 Å². The smallest absolute Gasteiger partial charge is 0.262 e. The predicted octanol–water partition coefficient (Wildman–Crippen LogP) is 4.13. The van der Waals surface area contributed by atoms with E-state index in [-0.39, 0.29) is 23.0 Å². The first kappa shape index (κ1) is 24.4.